The third-order valence-electron chi connectivity index (χ3n) is 2.57. The van der Waals surface area contributed by atoms with Gasteiger partial charge in [0, 0.05) is 12.7 Å². The summed E-state index contributed by atoms with van der Waals surface area (Å²) in [5.74, 6) is 0.151. The van der Waals surface area contributed by atoms with Crippen LogP contribution in [0.25, 0.3) is 0 Å². The zero-order chi connectivity index (χ0) is 18.5. The standard InChI is InChI=1S/C17H27N3O4/c1-16(2,3)23-14(21)20(15(22)24-17(4,5)6)13-9-8-12(10-18-7)11-19-13/h8-9,11,18H,10H2,1-7H3. The van der Waals surface area contributed by atoms with Crippen molar-refractivity contribution in [3.8, 4) is 0 Å². The van der Waals surface area contributed by atoms with Crippen molar-refractivity contribution < 1.29 is 19.1 Å². The molecule has 7 heteroatoms. The van der Waals surface area contributed by atoms with Crippen LogP contribution in [0.4, 0.5) is 15.4 Å². The third-order valence-corrected chi connectivity index (χ3v) is 2.57. The van der Waals surface area contributed by atoms with E-state index in [1.54, 1.807) is 59.9 Å². The summed E-state index contributed by atoms with van der Waals surface area (Å²) in [5, 5.41) is 3.00. The molecule has 1 heterocycles. The Kier molecular flexibility index (Phi) is 6.31. The number of nitrogens with one attached hydrogen (secondary N) is 1. The van der Waals surface area contributed by atoms with E-state index in [-0.39, 0.29) is 5.82 Å². The summed E-state index contributed by atoms with van der Waals surface area (Å²) in [7, 11) is 1.82. The number of nitrogens with zero attached hydrogens (tertiary/aromatic N) is 2. The van der Waals surface area contributed by atoms with E-state index >= 15 is 0 Å². The van der Waals surface area contributed by atoms with Crippen LogP contribution in [0.2, 0.25) is 0 Å². The van der Waals surface area contributed by atoms with E-state index in [1.807, 2.05) is 7.05 Å². The first kappa shape index (κ1) is 19.9. The molecule has 0 aliphatic carbocycles. The van der Waals surface area contributed by atoms with Crippen LogP contribution in [0, 0.1) is 0 Å². The SMILES string of the molecule is CNCc1ccc(N(C(=O)OC(C)(C)C)C(=O)OC(C)(C)C)nc1. The fourth-order valence-corrected chi connectivity index (χ4v) is 1.73. The average Bonchev–Trinajstić information content (AvgIpc) is 2.37. The van der Waals surface area contributed by atoms with Gasteiger partial charge >= 0.3 is 12.2 Å². The molecule has 0 bridgehead atoms. The smallest absolute Gasteiger partial charge is 0.425 e. The minimum Gasteiger partial charge on any atom is -0.443 e. The summed E-state index contributed by atoms with van der Waals surface area (Å²) >= 11 is 0. The quantitative estimate of drug-likeness (QED) is 0.909. The molecule has 0 aliphatic rings. The molecule has 0 fully saturated rings. The molecule has 0 saturated heterocycles. The highest BCUT2D eigenvalue weighted by Crippen LogP contribution is 2.20. The molecule has 0 radical (unpaired) electrons. The number of rotatable bonds is 3. The predicted octanol–water partition coefficient (Wildman–Crippen LogP) is 3.48. The first-order valence-electron chi connectivity index (χ1n) is 7.78. The summed E-state index contributed by atoms with van der Waals surface area (Å²) < 4.78 is 10.6. The van der Waals surface area contributed by atoms with Crippen molar-refractivity contribution in [2.75, 3.05) is 11.9 Å². The van der Waals surface area contributed by atoms with Crippen LogP contribution in [-0.4, -0.2) is 35.4 Å². The largest absolute Gasteiger partial charge is 0.443 e. The average molecular weight is 337 g/mol. The predicted molar refractivity (Wildman–Crippen MR) is 91.9 cm³/mol. The van der Waals surface area contributed by atoms with Crippen molar-refractivity contribution >= 4 is 18.0 Å². The Balaban J connectivity index is 3.12. The van der Waals surface area contributed by atoms with Gasteiger partial charge in [0.15, 0.2) is 0 Å². The second-order valence-corrected chi connectivity index (χ2v) is 7.35. The molecule has 134 valence electrons. The van der Waals surface area contributed by atoms with Crippen molar-refractivity contribution in [1.82, 2.24) is 10.3 Å². The Morgan fingerprint density at radius 1 is 1.04 bits per heavy atom. The lowest BCUT2D eigenvalue weighted by atomic mass is 10.2. The summed E-state index contributed by atoms with van der Waals surface area (Å²) in [6.07, 6.45) is -0.0654. The molecule has 0 unspecified atom stereocenters. The molecule has 1 N–H and O–H groups in total. The first-order valence-corrected chi connectivity index (χ1v) is 7.78. The highest BCUT2D eigenvalue weighted by Gasteiger charge is 2.33. The molecule has 7 nitrogen and oxygen atoms in total. The molecular weight excluding hydrogens is 310 g/mol. The molecule has 1 rings (SSSR count). The summed E-state index contributed by atoms with van der Waals surface area (Å²) in [5.41, 5.74) is -0.568. The van der Waals surface area contributed by atoms with Gasteiger partial charge in [0.1, 0.15) is 17.0 Å². The molecule has 2 amide bonds. The lowest BCUT2D eigenvalue weighted by Gasteiger charge is -2.28. The van der Waals surface area contributed by atoms with Crippen LogP contribution in [0.5, 0.6) is 0 Å². The number of ether oxygens (including phenoxy) is 2. The number of carbonyl (C=O) groups excluding carboxylic acids is 2. The minimum atomic E-state index is -0.828. The van der Waals surface area contributed by atoms with Crippen LogP contribution >= 0.6 is 0 Å². The maximum atomic E-state index is 12.4. The second kappa shape index (κ2) is 7.61. The molecule has 1 aromatic heterocycles. The Morgan fingerprint density at radius 2 is 1.54 bits per heavy atom. The number of hydrogen-bond donors (Lipinski definition) is 1. The van der Waals surface area contributed by atoms with Gasteiger partial charge in [-0.05, 0) is 60.2 Å². The van der Waals surface area contributed by atoms with Gasteiger partial charge in [-0.15, -0.1) is 0 Å². The number of hydrogen-bond acceptors (Lipinski definition) is 6. The van der Waals surface area contributed by atoms with E-state index in [2.05, 4.69) is 10.3 Å². The van der Waals surface area contributed by atoms with Gasteiger partial charge in [-0.3, -0.25) is 0 Å². The molecule has 0 aromatic carbocycles. The number of aromatic nitrogens is 1. The lowest BCUT2D eigenvalue weighted by molar-refractivity contribution is 0.0429. The Bertz CT molecular complexity index is 543. The zero-order valence-electron chi connectivity index (χ0n) is 15.5. The van der Waals surface area contributed by atoms with Gasteiger partial charge in [0.2, 0.25) is 0 Å². The maximum absolute atomic E-state index is 12.4. The van der Waals surface area contributed by atoms with Crippen molar-refractivity contribution in [1.29, 1.82) is 0 Å². The van der Waals surface area contributed by atoms with Gasteiger partial charge in [-0.1, -0.05) is 6.07 Å². The second-order valence-electron chi connectivity index (χ2n) is 7.35. The lowest BCUT2D eigenvalue weighted by Crippen LogP contribution is -2.44. The molecule has 1 aromatic rings. The number of imide groups is 1. The summed E-state index contributed by atoms with van der Waals surface area (Å²) in [4.78, 5) is 29.9. The molecule has 0 atom stereocenters. The highest BCUT2D eigenvalue weighted by atomic mass is 16.6. The van der Waals surface area contributed by atoms with Gasteiger partial charge in [0.25, 0.3) is 0 Å². The molecular formula is C17H27N3O4. The van der Waals surface area contributed by atoms with Crippen molar-refractivity contribution in [3.63, 3.8) is 0 Å². The maximum Gasteiger partial charge on any atom is 0.425 e. The normalized spacial score (nSPS) is 11.8. The van der Waals surface area contributed by atoms with Gasteiger partial charge in [-0.25, -0.2) is 14.6 Å². The number of carbonyl (C=O) groups is 2. The third kappa shape index (κ3) is 6.54. The van der Waals surface area contributed by atoms with Crippen LogP contribution in [0.1, 0.15) is 47.1 Å². The van der Waals surface area contributed by atoms with Crippen LogP contribution in [0.3, 0.4) is 0 Å². The Hall–Kier alpha value is -2.15. The number of pyridine rings is 1. The van der Waals surface area contributed by atoms with E-state index in [0.717, 1.165) is 10.5 Å². The van der Waals surface area contributed by atoms with E-state index < -0.39 is 23.4 Å². The fraction of sp³-hybridized carbons (Fsp3) is 0.588. The van der Waals surface area contributed by atoms with Gasteiger partial charge in [0.05, 0.1) is 0 Å². The van der Waals surface area contributed by atoms with Crippen LogP contribution in [0.15, 0.2) is 18.3 Å². The molecule has 0 saturated carbocycles. The van der Waals surface area contributed by atoms with Gasteiger partial charge in [-0.2, -0.15) is 4.90 Å². The van der Waals surface area contributed by atoms with E-state index in [1.165, 1.54) is 0 Å². The van der Waals surface area contributed by atoms with Crippen LogP contribution < -0.4 is 10.2 Å². The Morgan fingerprint density at radius 3 is 1.88 bits per heavy atom. The van der Waals surface area contributed by atoms with Gasteiger partial charge < -0.3 is 14.8 Å². The highest BCUT2D eigenvalue weighted by molar-refractivity contribution is 6.08. The molecule has 0 spiro atoms. The monoisotopic (exact) mass is 337 g/mol. The minimum absolute atomic E-state index is 0.151. The van der Waals surface area contributed by atoms with Crippen molar-refractivity contribution in [3.05, 3.63) is 23.9 Å². The zero-order valence-corrected chi connectivity index (χ0v) is 15.5. The van der Waals surface area contributed by atoms with E-state index in [9.17, 15) is 9.59 Å². The summed E-state index contributed by atoms with van der Waals surface area (Å²) in [6, 6.07) is 3.36. The Labute approximate surface area is 143 Å². The van der Waals surface area contributed by atoms with E-state index in [0.29, 0.717) is 6.54 Å². The van der Waals surface area contributed by atoms with Crippen molar-refractivity contribution in [2.24, 2.45) is 0 Å². The number of amides is 2. The van der Waals surface area contributed by atoms with E-state index in [4.69, 9.17) is 9.47 Å². The van der Waals surface area contributed by atoms with Crippen molar-refractivity contribution in [2.45, 2.75) is 59.3 Å². The fourth-order valence-electron chi connectivity index (χ4n) is 1.73. The number of anilines is 1. The van der Waals surface area contributed by atoms with Crippen LogP contribution in [-0.2, 0) is 16.0 Å². The molecule has 0 aliphatic heterocycles. The summed E-state index contributed by atoms with van der Waals surface area (Å²) in [6.45, 7) is 11.0. The first-order chi connectivity index (χ1) is 10.9. The molecule has 24 heavy (non-hydrogen) atoms. The topological polar surface area (TPSA) is 80.8 Å².